The highest BCUT2D eigenvalue weighted by Crippen LogP contribution is 2.34. The molecule has 4 aliphatic heterocycles. The number of piperazine rings is 2. The van der Waals surface area contributed by atoms with Gasteiger partial charge >= 0.3 is 5.97 Å². The Morgan fingerprint density at radius 2 is 1.60 bits per heavy atom. The van der Waals surface area contributed by atoms with E-state index >= 15 is 0 Å². The minimum Gasteiger partial charge on any atom is -0.462 e. The van der Waals surface area contributed by atoms with Gasteiger partial charge in [-0.05, 0) is 121 Å². The van der Waals surface area contributed by atoms with Crippen molar-refractivity contribution in [1.29, 1.82) is 0 Å². The molecule has 6 aliphatic rings. The van der Waals surface area contributed by atoms with Crippen LogP contribution in [-0.2, 0) is 31.0 Å². The zero-order valence-electron chi connectivity index (χ0n) is 42.0. The number of carbonyl (C=O) groups is 5. The average Bonchev–Trinajstić information content (AvgIpc) is 4.00. The van der Waals surface area contributed by atoms with Gasteiger partial charge in [0.05, 0.1) is 30.1 Å². The molecule has 2 aromatic heterocycles. The molecule has 18 nitrogen and oxygen atoms in total. The van der Waals surface area contributed by atoms with Crippen molar-refractivity contribution in [3.63, 3.8) is 0 Å². The lowest BCUT2D eigenvalue weighted by molar-refractivity contribution is -0.138. The number of piperidine rings is 2. The number of ether oxygens (including phenoxy) is 1. The van der Waals surface area contributed by atoms with Crippen molar-refractivity contribution in [3.05, 3.63) is 53.5 Å². The molecule has 70 heavy (non-hydrogen) atoms. The molecule has 3 N–H and O–H groups in total. The maximum Gasteiger partial charge on any atom is 0.343 e. The molecule has 6 heterocycles. The normalized spacial score (nSPS) is 24.9. The van der Waals surface area contributed by atoms with Crippen molar-refractivity contribution in [2.75, 3.05) is 94.1 Å². The van der Waals surface area contributed by atoms with Crippen molar-refractivity contribution in [1.82, 2.24) is 44.7 Å². The summed E-state index contributed by atoms with van der Waals surface area (Å²) in [5, 5.41) is 13.4. The topological polar surface area (TPSA) is 190 Å². The molecule has 3 unspecified atom stereocenters. The van der Waals surface area contributed by atoms with E-state index in [-0.39, 0.29) is 36.3 Å². The summed E-state index contributed by atoms with van der Waals surface area (Å²) in [6.45, 7) is 16.9. The first kappa shape index (κ1) is 50.8. The SMILES string of the molecule is CCOC(=O)c1c(C)nc(Nc2cnn(C)c2)nc1NC1CCC(N2CCN(C(=O)C3CCC(C)C3)CC2)CC1.O=CN1CCC(CCN2CCN(c3ccc(C4CCC(=O)NC4=O)cc3)CC2)CC1. The lowest BCUT2D eigenvalue weighted by atomic mass is 9.89. The van der Waals surface area contributed by atoms with Crippen molar-refractivity contribution in [2.24, 2.45) is 24.8 Å². The highest BCUT2D eigenvalue weighted by molar-refractivity contribution is 6.01. The van der Waals surface area contributed by atoms with E-state index < -0.39 is 5.97 Å². The van der Waals surface area contributed by atoms with Gasteiger partial charge in [0.1, 0.15) is 11.4 Å². The predicted octanol–water partition coefficient (Wildman–Crippen LogP) is 5.33. The summed E-state index contributed by atoms with van der Waals surface area (Å²) >= 11 is 0. The van der Waals surface area contributed by atoms with Gasteiger partial charge in [0.25, 0.3) is 0 Å². The van der Waals surface area contributed by atoms with Gasteiger partial charge in [-0.2, -0.15) is 10.1 Å². The van der Waals surface area contributed by atoms with Gasteiger partial charge < -0.3 is 30.1 Å². The van der Waals surface area contributed by atoms with Crippen LogP contribution < -0.4 is 20.9 Å². The number of nitrogens with zero attached hydrogens (tertiary/aromatic N) is 9. The van der Waals surface area contributed by atoms with E-state index in [0.29, 0.717) is 53.7 Å². The average molecular weight is 965 g/mol. The molecule has 4 amide bonds. The second-order valence-corrected chi connectivity index (χ2v) is 20.5. The summed E-state index contributed by atoms with van der Waals surface area (Å²) in [6, 6.07) is 9.02. The Labute approximate surface area is 413 Å². The van der Waals surface area contributed by atoms with Crippen molar-refractivity contribution >= 4 is 53.2 Å². The van der Waals surface area contributed by atoms with Gasteiger partial charge in [-0.1, -0.05) is 19.1 Å². The molecule has 2 saturated carbocycles. The molecular formula is C52H76N12O6. The number of imide groups is 1. The molecule has 2 aliphatic carbocycles. The monoisotopic (exact) mass is 965 g/mol. The zero-order chi connectivity index (χ0) is 49.1. The Bertz CT molecular complexity index is 2240. The highest BCUT2D eigenvalue weighted by atomic mass is 16.5. The summed E-state index contributed by atoms with van der Waals surface area (Å²) in [5.74, 6) is 2.00. The Balaban J connectivity index is 0.000000196. The fourth-order valence-electron chi connectivity index (χ4n) is 11.4. The van der Waals surface area contributed by atoms with E-state index in [1.165, 1.54) is 18.5 Å². The number of anilines is 4. The van der Waals surface area contributed by atoms with E-state index in [2.05, 4.69) is 69.7 Å². The third-order valence-electron chi connectivity index (χ3n) is 15.7. The summed E-state index contributed by atoms with van der Waals surface area (Å²) < 4.78 is 7.03. The van der Waals surface area contributed by atoms with E-state index in [1.54, 1.807) is 17.8 Å². The van der Waals surface area contributed by atoms with Gasteiger partial charge in [-0.15, -0.1) is 0 Å². The van der Waals surface area contributed by atoms with Crippen molar-refractivity contribution in [2.45, 2.75) is 116 Å². The number of benzene rings is 1. The van der Waals surface area contributed by atoms with Crippen LogP contribution in [0, 0.1) is 24.7 Å². The van der Waals surface area contributed by atoms with E-state index in [1.807, 2.05) is 37.2 Å². The smallest absolute Gasteiger partial charge is 0.343 e. The van der Waals surface area contributed by atoms with Crippen LogP contribution in [-0.4, -0.2) is 160 Å². The van der Waals surface area contributed by atoms with Crippen molar-refractivity contribution < 1.29 is 28.7 Å². The van der Waals surface area contributed by atoms with Crippen LogP contribution in [0.2, 0.25) is 0 Å². The number of aryl methyl sites for hydroxylation is 2. The summed E-state index contributed by atoms with van der Waals surface area (Å²) in [4.78, 5) is 80.8. The van der Waals surface area contributed by atoms with Crippen LogP contribution in [0.5, 0.6) is 0 Å². The Kier molecular flexibility index (Phi) is 17.4. The molecule has 0 bridgehead atoms. The molecule has 380 valence electrons. The van der Waals surface area contributed by atoms with Crippen molar-refractivity contribution in [3.8, 4) is 0 Å². The van der Waals surface area contributed by atoms with Crippen LogP contribution >= 0.6 is 0 Å². The third-order valence-corrected chi connectivity index (χ3v) is 15.7. The quantitative estimate of drug-likeness (QED) is 0.107. The minimum absolute atomic E-state index is 0.169. The molecule has 0 radical (unpaired) electrons. The maximum absolute atomic E-state index is 13.0. The number of aromatic nitrogens is 4. The number of likely N-dealkylation sites (tertiary alicyclic amines) is 1. The number of rotatable bonds is 14. The summed E-state index contributed by atoms with van der Waals surface area (Å²) in [5.41, 5.74) is 3.92. The second-order valence-electron chi connectivity index (χ2n) is 20.5. The van der Waals surface area contributed by atoms with Gasteiger partial charge in [-0.3, -0.25) is 39.0 Å². The van der Waals surface area contributed by atoms with Gasteiger partial charge in [0.15, 0.2) is 0 Å². The molecule has 6 fully saturated rings. The molecule has 4 saturated heterocycles. The zero-order valence-corrected chi connectivity index (χ0v) is 42.0. The Morgan fingerprint density at radius 3 is 2.23 bits per heavy atom. The standard InChI is InChI=1S/C29H44N8O3.C23H32N4O3/c1-5-40-28(39)25-20(3)31-29(33-23-17-30-35(4)18-23)34-26(25)32-22-8-10-24(11-9-22)36-12-14-37(15-13-36)27(38)21-7-6-19(2)16-21;28-17-26-11-8-18(9-12-26)7-10-25-13-15-27(16-14-25)20-3-1-19(2-4-20)21-5-6-22(29)24-23(21)30/h17-19,21-22,24H,5-16H2,1-4H3,(H2,31,32,33,34);1-4,17-18,21H,5-16H2,(H,24,29,30). The fourth-order valence-corrected chi connectivity index (χ4v) is 11.4. The van der Waals surface area contributed by atoms with Crippen LogP contribution in [0.25, 0.3) is 0 Å². The number of esters is 1. The fraction of sp³-hybridized carbons (Fsp3) is 0.654. The summed E-state index contributed by atoms with van der Waals surface area (Å²) in [7, 11) is 1.85. The van der Waals surface area contributed by atoms with Crippen LogP contribution in [0.1, 0.15) is 118 Å². The molecule has 9 rings (SSSR count). The number of hydrogen-bond acceptors (Lipinski definition) is 14. The van der Waals surface area contributed by atoms with E-state index in [9.17, 15) is 24.0 Å². The molecule has 1 aromatic carbocycles. The molecule has 18 heteroatoms. The van der Waals surface area contributed by atoms with Crippen LogP contribution in [0.3, 0.4) is 0 Å². The molecule has 3 atom stereocenters. The number of carbonyl (C=O) groups excluding carboxylic acids is 5. The highest BCUT2D eigenvalue weighted by Gasteiger charge is 2.35. The van der Waals surface area contributed by atoms with E-state index in [4.69, 9.17) is 4.74 Å². The maximum atomic E-state index is 13.0. The first-order chi connectivity index (χ1) is 33.9. The largest absolute Gasteiger partial charge is 0.462 e. The number of amides is 4. The number of hydrogen-bond donors (Lipinski definition) is 3. The molecule has 3 aromatic rings. The van der Waals surface area contributed by atoms with Crippen LogP contribution in [0.4, 0.5) is 23.1 Å². The van der Waals surface area contributed by atoms with Crippen LogP contribution in [0.15, 0.2) is 36.7 Å². The van der Waals surface area contributed by atoms with Gasteiger partial charge in [0, 0.05) is 109 Å². The minimum atomic E-state index is -0.413. The van der Waals surface area contributed by atoms with Gasteiger partial charge in [0.2, 0.25) is 30.1 Å². The molecule has 0 spiro atoms. The first-order valence-electron chi connectivity index (χ1n) is 26.1. The summed E-state index contributed by atoms with van der Waals surface area (Å²) in [6.07, 6.45) is 16.5. The second kappa shape index (κ2) is 24.0. The lowest BCUT2D eigenvalue weighted by Crippen LogP contribution is -2.54. The Morgan fingerprint density at radius 1 is 0.871 bits per heavy atom. The molecular weight excluding hydrogens is 889 g/mol. The lowest BCUT2D eigenvalue weighted by Gasteiger charge is -2.42. The van der Waals surface area contributed by atoms with Gasteiger partial charge in [-0.25, -0.2) is 9.78 Å². The Hall–Kier alpha value is -5.62. The third kappa shape index (κ3) is 13.2. The predicted molar refractivity (Wildman–Crippen MR) is 269 cm³/mol. The number of nitrogens with one attached hydrogen (secondary N) is 3. The van der Waals surface area contributed by atoms with E-state index in [0.717, 1.165) is 147 Å². The first-order valence-corrected chi connectivity index (χ1v) is 26.1.